The fraction of sp³-hybridized carbons (Fsp3) is 0.0476. The van der Waals surface area contributed by atoms with Gasteiger partial charge in [0.25, 0.3) is 5.69 Å². The Hall–Kier alpha value is -4.16. The lowest BCUT2D eigenvalue weighted by atomic mass is 10.0. The van der Waals surface area contributed by atoms with E-state index in [2.05, 4.69) is 6.07 Å². The van der Waals surface area contributed by atoms with Crippen molar-refractivity contribution in [1.29, 1.82) is 10.5 Å². The van der Waals surface area contributed by atoms with Gasteiger partial charge in [-0.25, -0.2) is 0 Å². The van der Waals surface area contributed by atoms with Crippen molar-refractivity contribution >= 4 is 17.3 Å². The van der Waals surface area contributed by atoms with E-state index >= 15 is 0 Å². The topological polar surface area (TPSA) is 104 Å². The molecule has 0 aliphatic rings. The molecule has 6 nitrogen and oxygen atoms in total. The van der Waals surface area contributed by atoms with Gasteiger partial charge in [0.2, 0.25) is 0 Å². The highest BCUT2D eigenvalue weighted by Gasteiger charge is 2.14. The first-order chi connectivity index (χ1) is 13.0. The Balaban J connectivity index is 1.97. The second-order valence-electron chi connectivity index (χ2n) is 5.82. The summed E-state index contributed by atoms with van der Waals surface area (Å²) in [5.41, 5.74) is 2.59. The monoisotopic (exact) mass is 355 g/mol. The van der Waals surface area contributed by atoms with Gasteiger partial charge in [-0.1, -0.05) is 24.3 Å². The Labute approximate surface area is 155 Å². The number of nitrogens with zero attached hydrogens (tertiary/aromatic N) is 3. The summed E-state index contributed by atoms with van der Waals surface area (Å²) in [5, 5.41) is 29.5. The second-order valence-corrected chi connectivity index (χ2v) is 5.82. The number of nitro groups is 1. The van der Waals surface area contributed by atoms with Gasteiger partial charge in [0.05, 0.1) is 28.2 Å². The third-order valence-corrected chi connectivity index (χ3v) is 4.03. The predicted molar refractivity (Wildman–Crippen MR) is 100 cm³/mol. The smallest absolute Gasteiger partial charge is 0.273 e. The van der Waals surface area contributed by atoms with Gasteiger partial charge < -0.3 is 4.42 Å². The minimum absolute atomic E-state index is 0.0204. The van der Waals surface area contributed by atoms with Crippen LogP contribution in [0, 0.1) is 39.7 Å². The van der Waals surface area contributed by atoms with Crippen molar-refractivity contribution in [2.24, 2.45) is 0 Å². The molecule has 0 aliphatic heterocycles. The number of aryl methyl sites for hydroxylation is 1. The summed E-state index contributed by atoms with van der Waals surface area (Å²) in [6.45, 7) is 1.67. The zero-order valence-electron chi connectivity index (χ0n) is 14.3. The van der Waals surface area contributed by atoms with E-state index in [4.69, 9.17) is 9.68 Å². The SMILES string of the molecule is Cc1ccc(-c2ccc(C=C(C#N)c3cccc(C#N)c3)o2)cc1[N+](=O)[O-]. The molecule has 0 aliphatic carbocycles. The van der Waals surface area contributed by atoms with Gasteiger partial charge in [0, 0.05) is 17.2 Å². The van der Waals surface area contributed by atoms with Crippen LogP contribution in [0.15, 0.2) is 59.0 Å². The number of allylic oxidation sites excluding steroid dienone is 1. The average molecular weight is 355 g/mol. The molecule has 1 aromatic heterocycles. The maximum absolute atomic E-state index is 11.1. The van der Waals surface area contributed by atoms with E-state index < -0.39 is 4.92 Å². The standard InChI is InChI=1S/C21H13N3O3/c1-14-5-6-17(11-20(14)24(25)26)21-8-7-19(27-21)10-18(13-23)16-4-2-3-15(9-16)12-22/h2-11H,1H3. The molecule has 0 radical (unpaired) electrons. The van der Waals surface area contributed by atoms with E-state index in [-0.39, 0.29) is 5.69 Å². The van der Waals surface area contributed by atoms with E-state index in [9.17, 15) is 15.4 Å². The van der Waals surface area contributed by atoms with E-state index in [0.29, 0.717) is 39.3 Å². The number of benzene rings is 2. The van der Waals surface area contributed by atoms with Crippen LogP contribution in [0.4, 0.5) is 5.69 Å². The molecular formula is C21H13N3O3. The molecule has 0 unspecified atom stereocenters. The average Bonchev–Trinajstić information content (AvgIpc) is 3.15. The van der Waals surface area contributed by atoms with E-state index in [1.165, 1.54) is 6.07 Å². The molecule has 3 aromatic rings. The van der Waals surface area contributed by atoms with Crippen LogP contribution >= 0.6 is 0 Å². The lowest BCUT2D eigenvalue weighted by Gasteiger charge is -2.01. The Morgan fingerprint density at radius 3 is 2.67 bits per heavy atom. The molecule has 27 heavy (non-hydrogen) atoms. The zero-order chi connectivity index (χ0) is 19.4. The quantitative estimate of drug-likeness (QED) is 0.368. The fourth-order valence-corrected chi connectivity index (χ4v) is 2.62. The van der Waals surface area contributed by atoms with Gasteiger partial charge in [0.1, 0.15) is 11.5 Å². The third kappa shape index (κ3) is 3.76. The highest BCUT2D eigenvalue weighted by Crippen LogP contribution is 2.29. The molecule has 1 heterocycles. The second kappa shape index (κ2) is 7.38. The number of furan rings is 1. The molecule has 0 saturated carbocycles. The lowest BCUT2D eigenvalue weighted by Crippen LogP contribution is -1.91. The highest BCUT2D eigenvalue weighted by atomic mass is 16.6. The molecule has 3 rings (SSSR count). The molecule has 0 N–H and O–H groups in total. The summed E-state index contributed by atoms with van der Waals surface area (Å²) in [7, 11) is 0. The Kier molecular flexibility index (Phi) is 4.83. The molecular weight excluding hydrogens is 342 g/mol. The van der Waals surface area contributed by atoms with Gasteiger partial charge in [-0.05, 0) is 42.8 Å². The van der Waals surface area contributed by atoms with E-state index in [1.807, 2.05) is 6.07 Å². The predicted octanol–water partition coefficient (Wildman–Crippen LogP) is 5.10. The molecule has 0 amide bonds. The first kappa shape index (κ1) is 17.7. The summed E-state index contributed by atoms with van der Waals surface area (Å²) in [4.78, 5) is 10.7. The van der Waals surface area contributed by atoms with Crippen LogP contribution in [0.5, 0.6) is 0 Å². The Morgan fingerprint density at radius 2 is 1.96 bits per heavy atom. The molecule has 0 atom stereocenters. The van der Waals surface area contributed by atoms with Crippen molar-refractivity contribution in [1.82, 2.24) is 0 Å². The number of hydrogen-bond acceptors (Lipinski definition) is 5. The molecule has 0 saturated heterocycles. The lowest BCUT2D eigenvalue weighted by molar-refractivity contribution is -0.385. The van der Waals surface area contributed by atoms with Crippen LogP contribution in [0.25, 0.3) is 23.0 Å². The van der Waals surface area contributed by atoms with Crippen molar-refractivity contribution in [3.63, 3.8) is 0 Å². The zero-order valence-corrected chi connectivity index (χ0v) is 14.3. The van der Waals surface area contributed by atoms with Crippen molar-refractivity contribution < 1.29 is 9.34 Å². The highest BCUT2D eigenvalue weighted by molar-refractivity contribution is 5.89. The van der Waals surface area contributed by atoms with Crippen LogP contribution in [-0.4, -0.2) is 4.92 Å². The van der Waals surface area contributed by atoms with Crippen LogP contribution in [0.3, 0.4) is 0 Å². The minimum Gasteiger partial charge on any atom is -0.457 e. The maximum atomic E-state index is 11.1. The van der Waals surface area contributed by atoms with Crippen molar-refractivity contribution in [3.8, 4) is 23.5 Å². The van der Waals surface area contributed by atoms with Gasteiger partial charge >= 0.3 is 0 Å². The third-order valence-electron chi connectivity index (χ3n) is 4.03. The van der Waals surface area contributed by atoms with Crippen LogP contribution in [0.2, 0.25) is 0 Å². The fourth-order valence-electron chi connectivity index (χ4n) is 2.62. The van der Waals surface area contributed by atoms with Crippen LogP contribution in [0.1, 0.15) is 22.5 Å². The van der Waals surface area contributed by atoms with Crippen molar-refractivity contribution in [3.05, 3.63) is 87.2 Å². The molecule has 0 bridgehead atoms. The Bertz CT molecular complexity index is 1140. The van der Waals surface area contributed by atoms with E-state index in [1.54, 1.807) is 61.5 Å². The van der Waals surface area contributed by atoms with Gasteiger partial charge in [0.15, 0.2) is 0 Å². The van der Waals surface area contributed by atoms with Gasteiger partial charge in [-0.2, -0.15) is 10.5 Å². The molecule has 0 spiro atoms. The van der Waals surface area contributed by atoms with Gasteiger partial charge in [-0.15, -0.1) is 0 Å². The molecule has 130 valence electrons. The normalized spacial score (nSPS) is 10.9. The summed E-state index contributed by atoms with van der Waals surface area (Å²) < 4.78 is 5.74. The molecule has 0 fully saturated rings. The first-order valence-electron chi connectivity index (χ1n) is 7.99. The minimum atomic E-state index is -0.432. The van der Waals surface area contributed by atoms with Crippen molar-refractivity contribution in [2.45, 2.75) is 6.92 Å². The Morgan fingerprint density at radius 1 is 1.15 bits per heavy atom. The van der Waals surface area contributed by atoms with Crippen molar-refractivity contribution in [2.75, 3.05) is 0 Å². The molecule has 2 aromatic carbocycles. The summed E-state index contributed by atoms with van der Waals surface area (Å²) >= 11 is 0. The number of rotatable bonds is 4. The number of nitro benzene ring substituents is 1. The van der Waals surface area contributed by atoms with Crippen LogP contribution < -0.4 is 0 Å². The maximum Gasteiger partial charge on any atom is 0.273 e. The first-order valence-corrected chi connectivity index (χ1v) is 7.99. The van der Waals surface area contributed by atoms with E-state index in [0.717, 1.165) is 0 Å². The van der Waals surface area contributed by atoms with Gasteiger partial charge in [-0.3, -0.25) is 10.1 Å². The number of hydrogen-bond donors (Lipinski definition) is 0. The summed E-state index contributed by atoms with van der Waals surface area (Å²) in [5.74, 6) is 0.902. The summed E-state index contributed by atoms with van der Waals surface area (Å²) in [6, 6.07) is 19.1. The van der Waals surface area contributed by atoms with Crippen LogP contribution in [-0.2, 0) is 0 Å². The largest absolute Gasteiger partial charge is 0.457 e. The molecule has 6 heteroatoms. The number of nitriles is 2. The summed E-state index contributed by atoms with van der Waals surface area (Å²) in [6.07, 6.45) is 1.57.